The Morgan fingerprint density at radius 2 is 2.15 bits per heavy atom. The summed E-state index contributed by atoms with van der Waals surface area (Å²) in [7, 11) is 1.66. The fourth-order valence-electron chi connectivity index (χ4n) is 2.42. The topological polar surface area (TPSA) is 57.3 Å². The van der Waals surface area contributed by atoms with Gasteiger partial charge in [0.25, 0.3) is 5.91 Å². The summed E-state index contributed by atoms with van der Waals surface area (Å²) in [6.07, 6.45) is 4.84. The van der Waals surface area contributed by atoms with Gasteiger partial charge in [-0.3, -0.25) is 4.79 Å². The van der Waals surface area contributed by atoms with Crippen LogP contribution >= 0.6 is 0 Å². The molecule has 1 aliphatic heterocycles. The zero-order valence-corrected chi connectivity index (χ0v) is 11.8. The highest BCUT2D eigenvalue weighted by atomic mass is 19.1. The number of pyridine rings is 1. The second-order valence-electron chi connectivity index (χ2n) is 4.96. The van der Waals surface area contributed by atoms with Crippen molar-refractivity contribution in [1.82, 2.24) is 15.2 Å². The van der Waals surface area contributed by atoms with Crippen molar-refractivity contribution in [1.29, 1.82) is 0 Å². The van der Waals surface area contributed by atoms with Crippen molar-refractivity contribution in [3.8, 4) is 0 Å². The molecule has 0 spiro atoms. The van der Waals surface area contributed by atoms with Crippen molar-refractivity contribution < 1.29 is 9.18 Å². The summed E-state index contributed by atoms with van der Waals surface area (Å²) < 4.78 is 13.2. The molecule has 6 heteroatoms. The number of carbonyl (C=O) groups excluding carboxylic acids is 1. The van der Waals surface area contributed by atoms with Crippen LogP contribution < -0.4 is 10.6 Å². The number of rotatable bonds is 5. The minimum atomic E-state index is -0.509. The normalized spacial score (nSPS) is 15.9. The highest BCUT2D eigenvalue weighted by Crippen LogP contribution is 2.12. The lowest BCUT2D eigenvalue weighted by molar-refractivity contribution is 0.0946. The quantitative estimate of drug-likeness (QED) is 0.858. The van der Waals surface area contributed by atoms with Crippen LogP contribution in [0.5, 0.6) is 0 Å². The van der Waals surface area contributed by atoms with E-state index in [0.29, 0.717) is 12.4 Å². The third-order valence-electron chi connectivity index (χ3n) is 3.50. The molecule has 0 radical (unpaired) electrons. The summed E-state index contributed by atoms with van der Waals surface area (Å²) in [6, 6.07) is 1.20. The molecular formula is C14H21FN4O. The van der Waals surface area contributed by atoms with Crippen LogP contribution in [-0.2, 0) is 0 Å². The van der Waals surface area contributed by atoms with E-state index in [4.69, 9.17) is 0 Å². The first-order valence-electron chi connectivity index (χ1n) is 7.04. The van der Waals surface area contributed by atoms with Crippen molar-refractivity contribution in [2.24, 2.45) is 0 Å². The molecule has 0 aliphatic carbocycles. The Morgan fingerprint density at radius 3 is 2.85 bits per heavy atom. The Kier molecular flexibility index (Phi) is 5.29. The lowest BCUT2D eigenvalue weighted by Crippen LogP contribution is -2.37. The van der Waals surface area contributed by atoms with E-state index in [0.717, 1.165) is 25.8 Å². The average molecular weight is 280 g/mol. The molecular weight excluding hydrogens is 259 g/mol. The van der Waals surface area contributed by atoms with E-state index in [-0.39, 0.29) is 11.5 Å². The molecule has 1 aliphatic rings. The lowest BCUT2D eigenvalue weighted by atomic mass is 10.1. The minimum absolute atomic E-state index is 0.242. The molecule has 0 aromatic carbocycles. The van der Waals surface area contributed by atoms with Crippen molar-refractivity contribution in [3.63, 3.8) is 0 Å². The zero-order valence-electron chi connectivity index (χ0n) is 11.8. The molecule has 2 N–H and O–H groups in total. The van der Waals surface area contributed by atoms with Crippen LogP contribution in [0.2, 0.25) is 0 Å². The van der Waals surface area contributed by atoms with Gasteiger partial charge in [-0.05, 0) is 32.0 Å². The van der Waals surface area contributed by atoms with E-state index in [9.17, 15) is 9.18 Å². The number of amides is 1. The standard InChI is InChI=1S/C14H21FN4O/c1-16-13-12(9-11(15)10-18-13)14(20)17-5-8-19-6-3-2-4-7-19/h9-10H,2-8H2,1H3,(H,16,18)(H,17,20). The molecule has 0 saturated carbocycles. The van der Waals surface area contributed by atoms with Crippen LogP contribution in [0.15, 0.2) is 12.3 Å². The third-order valence-corrected chi connectivity index (χ3v) is 3.50. The maximum absolute atomic E-state index is 13.2. The van der Waals surface area contributed by atoms with Crippen LogP contribution in [0.4, 0.5) is 10.2 Å². The largest absolute Gasteiger partial charge is 0.372 e. The summed E-state index contributed by atoms with van der Waals surface area (Å²) in [5.74, 6) is -0.412. The predicted molar refractivity (Wildman–Crippen MR) is 76.4 cm³/mol. The van der Waals surface area contributed by atoms with E-state index in [1.54, 1.807) is 7.05 Å². The smallest absolute Gasteiger partial charge is 0.255 e. The number of piperidine rings is 1. The van der Waals surface area contributed by atoms with E-state index in [1.165, 1.54) is 25.3 Å². The zero-order chi connectivity index (χ0) is 14.4. The summed E-state index contributed by atoms with van der Waals surface area (Å²) in [6.45, 7) is 3.60. The third kappa shape index (κ3) is 3.90. The number of hydrogen-bond donors (Lipinski definition) is 2. The van der Waals surface area contributed by atoms with Gasteiger partial charge in [-0.1, -0.05) is 6.42 Å². The maximum atomic E-state index is 13.2. The summed E-state index contributed by atoms with van der Waals surface area (Å²) in [5.41, 5.74) is 0.242. The Bertz CT molecular complexity index is 460. The minimum Gasteiger partial charge on any atom is -0.372 e. The Hall–Kier alpha value is -1.69. The Balaban J connectivity index is 1.86. The number of nitrogens with one attached hydrogen (secondary N) is 2. The van der Waals surface area contributed by atoms with Crippen molar-refractivity contribution >= 4 is 11.7 Å². The Morgan fingerprint density at radius 1 is 1.40 bits per heavy atom. The molecule has 1 saturated heterocycles. The molecule has 5 nitrogen and oxygen atoms in total. The summed E-state index contributed by atoms with van der Waals surface area (Å²) in [5, 5.41) is 5.62. The monoisotopic (exact) mass is 280 g/mol. The number of aromatic nitrogens is 1. The van der Waals surface area contributed by atoms with E-state index in [1.807, 2.05) is 0 Å². The number of nitrogens with zero attached hydrogens (tertiary/aromatic N) is 2. The Labute approximate surface area is 118 Å². The predicted octanol–water partition coefficient (Wildman–Crippen LogP) is 1.48. The number of halogens is 1. The van der Waals surface area contributed by atoms with Crippen LogP contribution in [0.25, 0.3) is 0 Å². The SMILES string of the molecule is CNc1ncc(F)cc1C(=O)NCCN1CCCCC1. The second-order valence-corrected chi connectivity index (χ2v) is 4.96. The first kappa shape index (κ1) is 14.7. The van der Waals surface area contributed by atoms with Crippen molar-refractivity contribution in [3.05, 3.63) is 23.6 Å². The summed E-state index contributed by atoms with van der Waals surface area (Å²) >= 11 is 0. The van der Waals surface area contributed by atoms with E-state index < -0.39 is 5.82 Å². The molecule has 20 heavy (non-hydrogen) atoms. The average Bonchev–Trinajstić information content (AvgIpc) is 2.48. The van der Waals surface area contributed by atoms with Gasteiger partial charge in [0.1, 0.15) is 11.6 Å². The molecule has 0 unspecified atom stereocenters. The van der Waals surface area contributed by atoms with Gasteiger partial charge in [-0.2, -0.15) is 0 Å². The van der Waals surface area contributed by atoms with Gasteiger partial charge < -0.3 is 15.5 Å². The van der Waals surface area contributed by atoms with Gasteiger partial charge in [0.2, 0.25) is 0 Å². The molecule has 1 amide bonds. The van der Waals surface area contributed by atoms with Crippen molar-refractivity contribution in [2.75, 3.05) is 38.5 Å². The highest BCUT2D eigenvalue weighted by molar-refractivity contribution is 5.98. The fraction of sp³-hybridized carbons (Fsp3) is 0.571. The number of anilines is 1. The lowest BCUT2D eigenvalue weighted by Gasteiger charge is -2.26. The first-order chi connectivity index (χ1) is 9.70. The van der Waals surface area contributed by atoms with Gasteiger partial charge in [-0.25, -0.2) is 9.37 Å². The first-order valence-corrected chi connectivity index (χ1v) is 7.04. The van der Waals surface area contributed by atoms with Crippen LogP contribution in [0.1, 0.15) is 29.6 Å². The molecule has 1 fully saturated rings. The van der Waals surface area contributed by atoms with E-state index in [2.05, 4.69) is 20.5 Å². The van der Waals surface area contributed by atoms with Gasteiger partial charge in [-0.15, -0.1) is 0 Å². The van der Waals surface area contributed by atoms with Crippen LogP contribution in [0, 0.1) is 5.82 Å². The summed E-state index contributed by atoms with van der Waals surface area (Å²) in [4.78, 5) is 18.2. The number of carbonyl (C=O) groups is 1. The molecule has 1 aromatic heterocycles. The number of hydrogen-bond acceptors (Lipinski definition) is 4. The maximum Gasteiger partial charge on any atom is 0.255 e. The van der Waals surface area contributed by atoms with Crippen molar-refractivity contribution in [2.45, 2.75) is 19.3 Å². The fourth-order valence-corrected chi connectivity index (χ4v) is 2.42. The highest BCUT2D eigenvalue weighted by Gasteiger charge is 2.14. The molecule has 2 heterocycles. The van der Waals surface area contributed by atoms with Crippen LogP contribution in [-0.4, -0.2) is 49.0 Å². The van der Waals surface area contributed by atoms with Gasteiger partial charge in [0.05, 0.1) is 11.8 Å². The molecule has 110 valence electrons. The van der Waals surface area contributed by atoms with E-state index >= 15 is 0 Å². The molecule has 0 atom stereocenters. The second kappa shape index (κ2) is 7.19. The van der Waals surface area contributed by atoms with Gasteiger partial charge in [0.15, 0.2) is 0 Å². The number of likely N-dealkylation sites (tertiary alicyclic amines) is 1. The molecule has 0 bridgehead atoms. The van der Waals surface area contributed by atoms with Crippen LogP contribution in [0.3, 0.4) is 0 Å². The van der Waals surface area contributed by atoms with Gasteiger partial charge in [0, 0.05) is 20.1 Å². The molecule has 1 aromatic rings. The van der Waals surface area contributed by atoms with Gasteiger partial charge >= 0.3 is 0 Å². The molecule has 2 rings (SSSR count).